The molecular formula is C10H13NO3. The van der Waals surface area contributed by atoms with E-state index in [1.807, 2.05) is 0 Å². The highest BCUT2D eigenvalue weighted by Gasteiger charge is 2.11. The topological polar surface area (TPSA) is 58.6 Å². The predicted octanol–water partition coefficient (Wildman–Crippen LogP) is 1.37. The molecule has 76 valence electrons. The average molecular weight is 195 g/mol. The highest BCUT2D eigenvalue weighted by Crippen LogP contribution is 2.16. The van der Waals surface area contributed by atoms with Crippen molar-refractivity contribution in [2.75, 3.05) is 12.4 Å². The van der Waals surface area contributed by atoms with Crippen molar-refractivity contribution < 1.29 is 14.6 Å². The first-order valence-electron chi connectivity index (χ1n) is 4.27. The van der Waals surface area contributed by atoms with Crippen LogP contribution < -0.4 is 5.32 Å². The van der Waals surface area contributed by atoms with Crippen molar-refractivity contribution in [1.82, 2.24) is 0 Å². The van der Waals surface area contributed by atoms with Crippen molar-refractivity contribution in [2.24, 2.45) is 0 Å². The lowest BCUT2D eigenvalue weighted by atomic mass is 10.2. The summed E-state index contributed by atoms with van der Waals surface area (Å²) in [5.41, 5.74) is 0.683. The molecule has 0 amide bonds. The molecule has 0 aliphatic rings. The van der Waals surface area contributed by atoms with E-state index in [0.29, 0.717) is 5.69 Å². The first-order chi connectivity index (χ1) is 6.63. The molecule has 1 aromatic rings. The highest BCUT2D eigenvalue weighted by molar-refractivity contribution is 5.78. The van der Waals surface area contributed by atoms with E-state index < -0.39 is 6.04 Å². The highest BCUT2D eigenvalue weighted by atomic mass is 16.5. The van der Waals surface area contributed by atoms with Crippen molar-refractivity contribution >= 4 is 11.7 Å². The normalized spacial score (nSPS) is 11.9. The number of hydrogen-bond donors (Lipinski definition) is 2. The monoisotopic (exact) mass is 195 g/mol. The molecular weight excluding hydrogens is 182 g/mol. The van der Waals surface area contributed by atoms with Crippen molar-refractivity contribution in [3.63, 3.8) is 0 Å². The van der Waals surface area contributed by atoms with Crippen LogP contribution in [0.2, 0.25) is 0 Å². The fraction of sp³-hybridized carbons (Fsp3) is 0.300. The van der Waals surface area contributed by atoms with Gasteiger partial charge in [0.1, 0.15) is 11.8 Å². The molecule has 0 unspecified atom stereocenters. The minimum absolute atomic E-state index is 0.159. The molecule has 0 spiro atoms. The summed E-state index contributed by atoms with van der Waals surface area (Å²) in [5, 5.41) is 12.1. The number of rotatable bonds is 3. The van der Waals surface area contributed by atoms with Crippen LogP contribution in [-0.2, 0) is 9.53 Å². The van der Waals surface area contributed by atoms with Crippen LogP contribution in [0.4, 0.5) is 5.69 Å². The third kappa shape index (κ3) is 2.65. The van der Waals surface area contributed by atoms with Crippen LogP contribution in [0.25, 0.3) is 0 Å². The number of esters is 1. The lowest BCUT2D eigenvalue weighted by molar-refractivity contribution is -0.141. The zero-order valence-corrected chi connectivity index (χ0v) is 8.15. The maximum atomic E-state index is 11.1. The molecule has 1 aromatic carbocycles. The molecule has 14 heavy (non-hydrogen) atoms. The van der Waals surface area contributed by atoms with Crippen LogP contribution in [0.15, 0.2) is 24.3 Å². The second-order valence-corrected chi connectivity index (χ2v) is 2.94. The van der Waals surface area contributed by atoms with Gasteiger partial charge in [-0.3, -0.25) is 0 Å². The standard InChI is InChI=1S/C10H13NO3/c1-7(10(13)14-2)11-8-4-3-5-9(12)6-8/h3-7,11-12H,1-2H3/t7-/m1/s1. The van der Waals surface area contributed by atoms with Gasteiger partial charge in [-0.15, -0.1) is 0 Å². The molecule has 0 aliphatic carbocycles. The molecule has 4 heteroatoms. The lowest BCUT2D eigenvalue weighted by Crippen LogP contribution is -2.26. The molecule has 0 fully saturated rings. The number of methoxy groups -OCH3 is 1. The minimum Gasteiger partial charge on any atom is -0.508 e. The molecule has 0 aliphatic heterocycles. The number of carbonyl (C=O) groups excluding carboxylic acids is 1. The summed E-state index contributed by atoms with van der Waals surface area (Å²) in [6.07, 6.45) is 0. The van der Waals surface area contributed by atoms with Crippen LogP contribution >= 0.6 is 0 Å². The molecule has 0 bridgehead atoms. The van der Waals surface area contributed by atoms with Crippen LogP contribution in [-0.4, -0.2) is 24.2 Å². The summed E-state index contributed by atoms with van der Waals surface area (Å²) < 4.78 is 4.55. The van der Waals surface area contributed by atoms with Gasteiger partial charge in [0.15, 0.2) is 0 Å². The minimum atomic E-state index is -0.429. The molecule has 0 saturated carbocycles. The van der Waals surface area contributed by atoms with E-state index >= 15 is 0 Å². The Bertz CT molecular complexity index is 325. The van der Waals surface area contributed by atoms with Gasteiger partial charge >= 0.3 is 5.97 Å². The molecule has 1 atom stereocenters. The summed E-state index contributed by atoms with van der Waals surface area (Å²) in [7, 11) is 1.34. The smallest absolute Gasteiger partial charge is 0.327 e. The van der Waals surface area contributed by atoms with Gasteiger partial charge < -0.3 is 15.2 Å². The van der Waals surface area contributed by atoms with Gasteiger partial charge in [-0.1, -0.05) is 6.07 Å². The van der Waals surface area contributed by atoms with Gasteiger partial charge in [-0.25, -0.2) is 4.79 Å². The molecule has 0 radical (unpaired) electrons. The van der Waals surface area contributed by atoms with Crippen LogP contribution in [0.1, 0.15) is 6.92 Å². The Morgan fingerprint density at radius 2 is 2.29 bits per heavy atom. The van der Waals surface area contributed by atoms with E-state index in [4.69, 9.17) is 5.11 Å². The predicted molar refractivity (Wildman–Crippen MR) is 53.2 cm³/mol. The lowest BCUT2D eigenvalue weighted by Gasteiger charge is -2.12. The molecule has 2 N–H and O–H groups in total. The van der Waals surface area contributed by atoms with Gasteiger partial charge in [0, 0.05) is 11.8 Å². The number of hydrogen-bond acceptors (Lipinski definition) is 4. The Morgan fingerprint density at radius 3 is 2.86 bits per heavy atom. The first kappa shape index (κ1) is 10.4. The number of aromatic hydroxyl groups is 1. The van der Waals surface area contributed by atoms with Gasteiger partial charge in [0.05, 0.1) is 7.11 Å². The fourth-order valence-corrected chi connectivity index (χ4v) is 1.08. The molecule has 0 aromatic heterocycles. The van der Waals surface area contributed by atoms with Crippen LogP contribution in [0, 0.1) is 0 Å². The summed E-state index contributed by atoms with van der Waals surface area (Å²) in [5.74, 6) is -0.180. The van der Waals surface area contributed by atoms with Crippen LogP contribution in [0.5, 0.6) is 5.75 Å². The maximum Gasteiger partial charge on any atom is 0.327 e. The Labute approximate surface area is 82.5 Å². The Balaban J connectivity index is 2.64. The van der Waals surface area contributed by atoms with Crippen LogP contribution in [0.3, 0.4) is 0 Å². The zero-order valence-electron chi connectivity index (χ0n) is 8.15. The van der Waals surface area contributed by atoms with Gasteiger partial charge in [0.2, 0.25) is 0 Å². The number of anilines is 1. The van der Waals surface area contributed by atoms with Crippen molar-refractivity contribution in [3.05, 3.63) is 24.3 Å². The van der Waals surface area contributed by atoms with E-state index in [1.54, 1.807) is 31.2 Å². The van der Waals surface area contributed by atoms with E-state index in [2.05, 4.69) is 10.1 Å². The SMILES string of the molecule is COC(=O)[C@@H](C)Nc1cccc(O)c1. The molecule has 1 rings (SSSR count). The number of benzene rings is 1. The summed E-state index contributed by atoms with van der Waals surface area (Å²) in [4.78, 5) is 11.1. The van der Waals surface area contributed by atoms with Crippen molar-refractivity contribution in [1.29, 1.82) is 0 Å². The molecule has 4 nitrogen and oxygen atoms in total. The van der Waals surface area contributed by atoms with Gasteiger partial charge in [-0.2, -0.15) is 0 Å². The van der Waals surface area contributed by atoms with Gasteiger partial charge in [0.25, 0.3) is 0 Å². The first-order valence-corrected chi connectivity index (χ1v) is 4.27. The van der Waals surface area contributed by atoms with E-state index in [9.17, 15) is 4.79 Å². The third-order valence-corrected chi connectivity index (χ3v) is 1.78. The number of ether oxygens (including phenoxy) is 1. The van der Waals surface area contributed by atoms with Gasteiger partial charge in [-0.05, 0) is 19.1 Å². The second kappa shape index (κ2) is 4.50. The number of phenolic OH excluding ortho intramolecular Hbond substituents is 1. The second-order valence-electron chi connectivity index (χ2n) is 2.94. The Morgan fingerprint density at radius 1 is 1.57 bits per heavy atom. The number of phenols is 1. The van der Waals surface area contributed by atoms with E-state index in [-0.39, 0.29) is 11.7 Å². The summed E-state index contributed by atoms with van der Waals surface area (Å²) in [6, 6.07) is 6.13. The van der Waals surface area contributed by atoms with E-state index in [1.165, 1.54) is 7.11 Å². The number of nitrogens with one attached hydrogen (secondary N) is 1. The quantitative estimate of drug-likeness (QED) is 0.715. The summed E-state index contributed by atoms with van der Waals surface area (Å²) in [6.45, 7) is 1.69. The van der Waals surface area contributed by atoms with Crippen molar-refractivity contribution in [3.8, 4) is 5.75 Å². The zero-order chi connectivity index (χ0) is 10.6. The third-order valence-electron chi connectivity index (χ3n) is 1.78. The molecule has 0 heterocycles. The maximum absolute atomic E-state index is 11.1. The summed E-state index contributed by atoms with van der Waals surface area (Å²) >= 11 is 0. The fourth-order valence-electron chi connectivity index (χ4n) is 1.08. The Kier molecular flexibility index (Phi) is 3.34. The van der Waals surface area contributed by atoms with Crippen molar-refractivity contribution in [2.45, 2.75) is 13.0 Å². The average Bonchev–Trinajstić information content (AvgIpc) is 2.16. The Hall–Kier alpha value is -1.71. The van der Waals surface area contributed by atoms with E-state index in [0.717, 1.165) is 0 Å². The number of carbonyl (C=O) groups is 1. The largest absolute Gasteiger partial charge is 0.508 e. The molecule has 0 saturated heterocycles.